The summed E-state index contributed by atoms with van der Waals surface area (Å²) in [7, 11) is 0. The van der Waals surface area contributed by atoms with Crippen molar-refractivity contribution in [3.8, 4) is 5.75 Å². The number of nitrogens with one attached hydrogen (secondary N) is 2. The smallest absolute Gasteiger partial charge is 0.262 e. The van der Waals surface area contributed by atoms with Crippen molar-refractivity contribution in [3.05, 3.63) is 89.5 Å². The average molecular weight is 417 g/mol. The number of carbonyl (C=O) groups is 2. The van der Waals surface area contributed by atoms with Gasteiger partial charge in [-0.15, -0.1) is 0 Å². The second-order valence-electron chi connectivity index (χ2n) is 7.58. The zero-order valence-electron chi connectivity index (χ0n) is 18.1. The van der Waals surface area contributed by atoms with E-state index in [0.29, 0.717) is 22.9 Å². The van der Waals surface area contributed by atoms with Crippen LogP contribution in [-0.4, -0.2) is 18.4 Å². The van der Waals surface area contributed by atoms with Crippen LogP contribution in [0.15, 0.2) is 72.8 Å². The Morgan fingerprint density at radius 3 is 2.26 bits per heavy atom. The van der Waals surface area contributed by atoms with E-state index in [9.17, 15) is 9.59 Å². The molecule has 5 heteroatoms. The molecule has 1 atom stereocenters. The molecule has 0 saturated heterocycles. The largest absolute Gasteiger partial charge is 0.483 e. The first-order valence-corrected chi connectivity index (χ1v) is 10.5. The number of aryl methyl sites for hydroxylation is 1. The highest BCUT2D eigenvalue weighted by molar-refractivity contribution is 6.04. The van der Waals surface area contributed by atoms with Crippen molar-refractivity contribution >= 4 is 23.2 Å². The number of hydrogen-bond acceptors (Lipinski definition) is 3. The molecule has 2 N–H and O–H groups in total. The molecule has 0 spiro atoms. The Kier molecular flexibility index (Phi) is 7.44. The van der Waals surface area contributed by atoms with Gasteiger partial charge in [-0.3, -0.25) is 9.59 Å². The SMILES string of the molecule is CCC(C)c1ccccc1OCC(=O)Nc1ccc(NC(=O)c2cccc(C)c2)cc1. The topological polar surface area (TPSA) is 67.4 Å². The predicted molar refractivity (Wildman–Crippen MR) is 125 cm³/mol. The second-order valence-corrected chi connectivity index (χ2v) is 7.58. The highest BCUT2D eigenvalue weighted by Crippen LogP contribution is 2.28. The van der Waals surface area contributed by atoms with Gasteiger partial charge in [0.05, 0.1) is 0 Å². The van der Waals surface area contributed by atoms with E-state index in [1.807, 2.05) is 49.4 Å². The number of ether oxygens (including phenoxy) is 1. The van der Waals surface area contributed by atoms with E-state index in [0.717, 1.165) is 23.3 Å². The van der Waals surface area contributed by atoms with Gasteiger partial charge in [-0.1, -0.05) is 49.7 Å². The Morgan fingerprint density at radius 1 is 0.903 bits per heavy atom. The van der Waals surface area contributed by atoms with Gasteiger partial charge in [-0.25, -0.2) is 0 Å². The third kappa shape index (κ3) is 6.19. The molecular weight excluding hydrogens is 388 g/mol. The minimum absolute atomic E-state index is 0.0701. The number of carbonyl (C=O) groups excluding carboxylic acids is 2. The molecule has 0 radical (unpaired) electrons. The first kappa shape index (κ1) is 22.1. The van der Waals surface area contributed by atoms with Gasteiger partial charge in [0.25, 0.3) is 11.8 Å². The van der Waals surface area contributed by atoms with Crippen LogP contribution in [0, 0.1) is 6.92 Å². The third-order valence-electron chi connectivity index (χ3n) is 5.13. The van der Waals surface area contributed by atoms with Gasteiger partial charge in [-0.05, 0) is 67.3 Å². The molecule has 0 fully saturated rings. The molecule has 0 aliphatic rings. The zero-order valence-corrected chi connectivity index (χ0v) is 18.1. The van der Waals surface area contributed by atoms with Crippen LogP contribution in [0.5, 0.6) is 5.75 Å². The quantitative estimate of drug-likeness (QED) is 0.489. The van der Waals surface area contributed by atoms with E-state index in [-0.39, 0.29) is 18.4 Å². The van der Waals surface area contributed by atoms with E-state index >= 15 is 0 Å². The number of para-hydroxylation sites is 1. The van der Waals surface area contributed by atoms with Crippen molar-refractivity contribution in [1.82, 2.24) is 0 Å². The standard InChI is InChI=1S/C26H28N2O3/c1-4-19(3)23-10-5-6-11-24(23)31-17-25(29)27-21-12-14-22(15-13-21)28-26(30)20-9-7-8-18(2)16-20/h5-16,19H,4,17H2,1-3H3,(H,27,29)(H,28,30). The van der Waals surface area contributed by atoms with Gasteiger partial charge in [0.2, 0.25) is 0 Å². The number of hydrogen-bond donors (Lipinski definition) is 2. The first-order chi connectivity index (χ1) is 15.0. The number of rotatable bonds is 8. The molecule has 31 heavy (non-hydrogen) atoms. The van der Waals surface area contributed by atoms with Crippen LogP contribution in [0.4, 0.5) is 11.4 Å². The lowest BCUT2D eigenvalue weighted by Gasteiger charge is -2.15. The van der Waals surface area contributed by atoms with Crippen LogP contribution >= 0.6 is 0 Å². The lowest BCUT2D eigenvalue weighted by Crippen LogP contribution is -2.20. The Bertz CT molecular complexity index is 1040. The van der Waals surface area contributed by atoms with Gasteiger partial charge in [-0.2, -0.15) is 0 Å². The molecule has 0 heterocycles. The van der Waals surface area contributed by atoms with E-state index in [1.54, 1.807) is 30.3 Å². The minimum atomic E-state index is -0.240. The maximum absolute atomic E-state index is 12.3. The molecule has 0 aromatic heterocycles. The molecule has 0 aliphatic carbocycles. The van der Waals surface area contributed by atoms with Crippen LogP contribution < -0.4 is 15.4 Å². The molecule has 2 amide bonds. The van der Waals surface area contributed by atoms with Crippen LogP contribution in [-0.2, 0) is 4.79 Å². The van der Waals surface area contributed by atoms with Crippen molar-refractivity contribution in [1.29, 1.82) is 0 Å². The lowest BCUT2D eigenvalue weighted by atomic mass is 9.98. The highest BCUT2D eigenvalue weighted by Gasteiger charge is 2.11. The Balaban J connectivity index is 1.54. The predicted octanol–water partition coefficient (Wildman–Crippen LogP) is 5.78. The van der Waals surface area contributed by atoms with Crippen molar-refractivity contribution in [3.63, 3.8) is 0 Å². The number of amides is 2. The maximum Gasteiger partial charge on any atom is 0.262 e. The third-order valence-corrected chi connectivity index (χ3v) is 5.13. The second kappa shape index (κ2) is 10.4. The average Bonchev–Trinajstić information content (AvgIpc) is 2.78. The molecule has 3 aromatic carbocycles. The fraction of sp³-hybridized carbons (Fsp3) is 0.231. The number of benzene rings is 3. The molecule has 0 aliphatic heterocycles. The lowest BCUT2D eigenvalue weighted by molar-refractivity contribution is -0.118. The summed E-state index contributed by atoms with van der Waals surface area (Å²) in [4.78, 5) is 24.7. The molecule has 160 valence electrons. The van der Waals surface area contributed by atoms with Gasteiger partial charge >= 0.3 is 0 Å². The van der Waals surface area contributed by atoms with Gasteiger partial charge in [0, 0.05) is 16.9 Å². The van der Waals surface area contributed by atoms with Crippen molar-refractivity contribution in [2.45, 2.75) is 33.1 Å². The highest BCUT2D eigenvalue weighted by atomic mass is 16.5. The van der Waals surface area contributed by atoms with Crippen molar-refractivity contribution in [2.24, 2.45) is 0 Å². The van der Waals surface area contributed by atoms with Crippen molar-refractivity contribution < 1.29 is 14.3 Å². The van der Waals surface area contributed by atoms with Crippen LogP contribution in [0.1, 0.15) is 47.7 Å². The minimum Gasteiger partial charge on any atom is -0.483 e. The zero-order chi connectivity index (χ0) is 22.2. The Morgan fingerprint density at radius 2 is 1.58 bits per heavy atom. The van der Waals surface area contributed by atoms with Crippen molar-refractivity contribution in [2.75, 3.05) is 17.2 Å². The molecule has 3 aromatic rings. The summed E-state index contributed by atoms with van der Waals surface area (Å²) in [6.45, 7) is 6.14. The van der Waals surface area contributed by atoms with Crippen LogP contribution in [0.25, 0.3) is 0 Å². The van der Waals surface area contributed by atoms with Crippen LogP contribution in [0.2, 0.25) is 0 Å². The Hall–Kier alpha value is -3.60. The number of anilines is 2. The first-order valence-electron chi connectivity index (χ1n) is 10.5. The van der Waals surface area contributed by atoms with Gasteiger partial charge in [0.1, 0.15) is 5.75 Å². The van der Waals surface area contributed by atoms with E-state index < -0.39 is 0 Å². The molecule has 5 nitrogen and oxygen atoms in total. The fourth-order valence-corrected chi connectivity index (χ4v) is 3.21. The maximum atomic E-state index is 12.3. The van der Waals surface area contributed by atoms with Gasteiger partial charge < -0.3 is 15.4 Å². The van der Waals surface area contributed by atoms with E-state index in [4.69, 9.17) is 4.74 Å². The summed E-state index contributed by atoms with van der Waals surface area (Å²) >= 11 is 0. The molecule has 3 rings (SSSR count). The monoisotopic (exact) mass is 416 g/mol. The fourth-order valence-electron chi connectivity index (χ4n) is 3.21. The summed E-state index contributed by atoms with van der Waals surface area (Å²) in [5, 5.41) is 5.68. The summed E-state index contributed by atoms with van der Waals surface area (Å²) in [5.74, 6) is 0.687. The van der Waals surface area contributed by atoms with E-state index in [1.165, 1.54) is 0 Å². The molecule has 1 unspecified atom stereocenters. The van der Waals surface area contributed by atoms with Crippen LogP contribution in [0.3, 0.4) is 0 Å². The summed E-state index contributed by atoms with van der Waals surface area (Å²) in [6.07, 6.45) is 0.999. The normalized spacial score (nSPS) is 11.5. The summed E-state index contributed by atoms with van der Waals surface area (Å²) in [6, 6.07) is 22.2. The molecule has 0 bridgehead atoms. The summed E-state index contributed by atoms with van der Waals surface area (Å²) in [5.41, 5.74) is 4.03. The van der Waals surface area contributed by atoms with E-state index in [2.05, 4.69) is 24.5 Å². The molecular formula is C26H28N2O3. The van der Waals surface area contributed by atoms with Gasteiger partial charge in [0.15, 0.2) is 6.61 Å². The summed E-state index contributed by atoms with van der Waals surface area (Å²) < 4.78 is 5.76. The molecule has 0 saturated carbocycles. The Labute approximate surface area is 183 Å².